The highest BCUT2D eigenvalue weighted by molar-refractivity contribution is 5.48. The molecule has 0 fully saturated rings. The number of hydrogen-bond donors (Lipinski definition) is 0. The zero-order valence-corrected chi connectivity index (χ0v) is 11.0. The molecular weight excluding hydrogens is 216 g/mol. The van der Waals surface area contributed by atoms with Crippen LogP contribution in [-0.4, -0.2) is 0 Å². The van der Waals surface area contributed by atoms with Gasteiger partial charge in [-0.25, -0.2) is 0 Å². The van der Waals surface area contributed by atoms with Gasteiger partial charge in [-0.2, -0.15) is 0 Å². The molecule has 18 heavy (non-hydrogen) atoms. The summed E-state index contributed by atoms with van der Waals surface area (Å²) in [7, 11) is 0. The van der Waals surface area contributed by atoms with Crippen molar-refractivity contribution in [3.8, 4) is 0 Å². The largest absolute Gasteiger partial charge is 0.0985 e. The first-order valence-electron chi connectivity index (χ1n) is 6.62. The monoisotopic (exact) mass is 236 g/mol. The number of benzene rings is 2. The van der Waals surface area contributed by atoms with E-state index in [-0.39, 0.29) is 0 Å². The van der Waals surface area contributed by atoms with E-state index in [0.29, 0.717) is 5.92 Å². The Morgan fingerprint density at radius 3 is 2.11 bits per heavy atom. The summed E-state index contributed by atoms with van der Waals surface area (Å²) >= 11 is 0. The van der Waals surface area contributed by atoms with E-state index in [2.05, 4.69) is 68.1 Å². The van der Waals surface area contributed by atoms with E-state index in [4.69, 9.17) is 0 Å². The molecule has 0 aliphatic carbocycles. The summed E-state index contributed by atoms with van der Waals surface area (Å²) in [6.45, 7) is 6.04. The zero-order chi connectivity index (χ0) is 12.8. The Hall–Kier alpha value is -1.82. The van der Waals surface area contributed by atoms with Crippen molar-refractivity contribution in [2.24, 2.45) is 0 Å². The normalized spacial score (nSPS) is 12.1. The average molecular weight is 236 g/mol. The molecule has 1 unspecified atom stereocenters. The Kier molecular flexibility index (Phi) is 4.35. The van der Waals surface area contributed by atoms with Crippen molar-refractivity contribution in [2.75, 3.05) is 0 Å². The highest BCUT2D eigenvalue weighted by Gasteiger charge is 2.12. The maximum absolute atomic E-state index is 3.80. The maximum atomic E-state index is 3.80. The lowest BCUT2D eigenvalue weighted by molar-refractivity contribution is 0.698. The third-order valence-electron chi connectivity index (χ3n) is 3.35. The van der Waals surface area contributed by atoms with Crippen molar-refractivity contribution >= 4 is 6.08 Å². The molecule has 1 atom stereocenters. The van der Waals surface area contributed by atoms with Gasteiger partial charge in [-0.1, -0.05) is 80.6 Å². The molecule has 0 bridgehead atoms. The highest BCUT2D eigenvalue weighted by atomic mass is 14.2. The van der Waals surface area contributed by atoms with Gasteiger partial charge in [0.1, 0.15) is 0 Å². The third-order valence-corrected chi connectivity index (χ3v) is 3.35. The van der Waals surface area contributed by atoms with Crippen LogP contribution >= 0.6 is 0 Å². The zero-order valence-electron chi connectivity index (χ0n) is 11.0. The second-order valence-electron chi connectivity index (χ2n) is 4.62. The molecular formula is C18H20. The predicted octanol–water partition coefficient (Wildman–Crippen LogP) is 5.26. The minimum absolute atomic E-state index is 0.509. The molecule has 0 N–H and O–H groups in total. The van der Waals surface area contributed by atoms with Gasteiger partial charge < -0.3 is 0 Å². The quantitative estimate of drug-likeness (QED) is 0.664. The molecule has 0 heteroatoms. The van der Waals surface area contributed by atoms with Crippen molar-refractivity contribution < 1.29 is 0 Å². The highest BCUT2D eigenvalue weighted by Crippen LogP contribution is 2.29. The van der Waals surface area contributed by atoms with Crippen LogP contribution in [0, 0.1) is 0 Å². The van der Waals surface area contributed by atoms with Gasteiger partial charge in [-0.05, 0) is 23.1 Å². The van der Waals surface area contributed by atoms with Gasteiger partial charge in [0.25, 0.3) is 0 Å². The molecule has 2 aromatic carbocycles. The molecule has 0 aromatic heterocycles. The molecule has 0 radical (unpaired) electrons. The van der Waals surface area contributed by atoms with Gasteiger partial charge in [0.2, 0.25) is 0 Å². The Labute approximate surface area is 110 Å². The minimum atomic E-state index is 0.509. The lowest BCUT2D eigenvalue weighted by Gasteiger charge is -2.17. The smallest absolute Gasteiger partial charge is 0.00892 e. The molecule has 0 heterocycles. The van der Waals surface area contributed by atoms with Crippen LogP contribution in [0.5, 0.6) is 0 Å². The Bertz CT molecular complexity index is 479. The van der Waals surface area contributed by atoms with E-state index in [9.17, 15) is 0 Å². The minimum Gasteiger partial charge on any atom is -0.0985 e. The van der Waals surface area contributed by atoms with Crippen molar-refractivity contribution in [1.29, 1.82) is 0 Å². The van der Waals surface area contributed by atoms with Crippen LogP contribution in [0.4, 0.5) is 0 Å². The Morgan fingerprint density at radius 2 is 1.56 bits per heavy atom. The molecule has 92 valence electrons. The maximum Gasteiger partial charge on any atom is 0.00892 e. The van der Waals surface area contributed by atoms with Crippen molar-refractivity contribution in [2.45, 2.75) is 25.7 Å². The van der Waals surface area contributed by atoms with Gasteiger partial charge in [-0.15, -0.1) is 0 Å². The Morgan fingerprint density at radius 1 is 0.944 bits per heavy atom. The first-order valence-corrected chi connectivity index (χ1v) is 6.62. The molecule has 0 aliphatic heterocycles. The molecule has 0 saturated carbocycles. The number of hydrogen-bond acceptors (Lipinski definition) is 0. The standard InChI is InChI=1S/C18H20/c1-3-8-18(16-9-6-5-7-10-16)17-13-11-15(4-2)12-14-17/h4-7,9-14,18H,2-3,8H2,1H3. The van der Waals surface area contributed by atoms with Crippen molar-refractivity contribution in [3.63, 3.8) is 0 Å². The fourth-order valence-corrected chi connectivity index (χ4v) is 2.36. The van der Waals surface area contributed by atoms with E-state index in [1.54, 1.807) is 0 Å². The summed E-state index contributed by atoms with van der Waals surface area (Å²) in [6, 6.07) is 19.5. The van der Waals surface area contributed by atoms with E-state index in [1.165, 1.54) is 29.5 Å². The van der Waals surface area contributed by atoms with Crippen LogP contribution in [0.25, 0.3) is 6.08 Å². The molecule has 0 amide bonds. The SMILES string of the molecule is C=Cc1ccc(C(CCC)c2ccccc2)cc1. The molecule has 2 rings (SSSR count). The average Bonchev–Trinajstić information content (AvgIpc) is 2.46. The van der Waals surface area contributed by atoms with E-state index in [0.717, 1.165) is 0 Å². The van der Waals surface area contributed by atoms with Gasteiger partial charge >= 0.3 is 0 Å². The van der Waals surface area contributed by atoms with Crippen LogP contribution in [0.3, 0.4) is 0 Å². The predicted molar refractivity (Wildman–Crippen MR) is 79.7 cm³/mol. The summed E-state index contributed by atoms with van der Waals surface area (Å²) in [5.41, 5.74) is 3.99. The van der Waals surface area contributed by atoms with E-state index in [1.807, 2.05) is 6.08 Å². The lowest BCUT2D eigenvalue weighted by atomic mass is 9.87. The van der Waals surface area contributed by atoms with Crippen LogP contribution < -0.4 is 0 Å². The molecule has 0 spiro atoms. The van der Waals surface area contributed by atoms with Gasteiger partial charge in [0, 0.05) is 5.92 Å². The topological polar surface area (TPSA) is 0 Å². The summed E-state index contributed by atoms with van der Waals surface area (Å²) in [6.07, 6.45) is 4.28. The van der Waals surface area contributed by atoms with E-state index < -0.39 is 0 Å². The molecule has 2 aromatic rings. The number of rotatable bonds is 5. The molecule has 0 saturated heterocycles. The molecule has 0 nitrogen and oxygen atoms in total. The van der Waals surface area contributed by atoms with Crippen molar-refractivity contribution in [1.82, 2.24) is 0 Å². The first kappa shape index (κ1) is 12.6. The molecule has 0 aliphatic rings. The summed E-state index contributed by atoms with van der Waals surface area (Å²) in [5.74, 6) is 0.509. The Balaban J connectivity index is 2.32. The van der Waals surface area contributed by atoms with Crippen LogP contribution in [-0.2, 0) is 0 Å². The second kappa shape index (κ2) is 6.20. The fraction of sp³-hybridized carbons (Fsp3) is 0.222. The summed E-state index contributed by atoms with van der Waals surface area (Å²) in [4.78, 5) is 0. The lowest BCUT2D eigenvalue weighted by Crippen LogP contribution is -2.00. The summed E-state index contributed by atoms with van der Waals surface area (Å²) < 4.78 is 0. The van der Waals surface area contributed by atoms with Gasteiger partial charge in [0.05, 0.1) is 0 Å². The van der Waals surface area contributed by atoms with E-state index >= 15 is 0 Å². The fourth-order valence-electron chi connectivity index (χ4n) is 2.36. The first-order chi connectivity index (χ1) is 8.85. The van der Waals surface area contributed by atoms with Gasteiger partial charge in [-0.3, -0.25) is 0 Å². The van der Waals surface area contributed by atoms with Crippen LogP contribution in [0.2, 0.25) is 0 Å². The van der Waals surface area contributed by atoms with Crippen LogP contribution in [0.15, 0.2) is 61.2 Å². The van der Waals surface area contributed by atoms with Crippen molar-refractivity contribution in [3.05, 3.63) is 77.9 Å². The summed E-state index contributed by atoms with van der Waals surface area (Å²) in [5, 5.41) is 0. The van der Waals surface area contributed by atoms with Gasteiger partial charge in [0.15, 0.2) is 0 Å². The third kappa shape index (κ3) is 2.89. The second-order valence-corrected chi connectivity index (χ2v) is 4.62. The van der Waals surface area contributed by atoms with Crippen LogP contribution in [0.1, 0.15) is 42.4 Å².